The summed E-state index contributed by atoms with van der Waals surface area (Å²) < 4.78 is 68.7. The molecule has 17 nitrogen and oxygen atoms in total. The summed E-state index contributed by atoms with van der Waals surface area (Å²) in [7, 11) is -9.92. The molecule has 0 heterocycles. The fraction of sp³-hybridized carbons (Fsp3) is 0.954. The maximum absolute atomic E-state index is 13.1. The van der Waals surface area contributed by atoms with Crippen molar-refractivity contribution in [1.82, 2.24) is 0 Å². The zero-order valence-electron chi connectivity index (χ0n) is 69.7. The summed E-state index contributed by atoms with van der Waals surface area (Å²) in [6.45, 7) is 9.70. The van der Waals surface area contributed by atoms with E-state index in [0.29, 0.717) is 25.7 Å². The van der Waals surface area contributed by atoms with Crippen LogP contribution in [-0.4, -0.2) is 96.7 Å². The molecular weight excluding hydrogens is 1380 g/mol. The second kappa shape index (κ2) is 78.3. The van der Waals surface area contributed by atoms with Crippen molar-refractivity contribution < 1.29 is 80.2 Å². The first-order valence-electron chi connectivity index (χ1n) is 45.1. The lowest BCUT2D eigenvalue weighted by molar-refractivity contribution is -0.161. The molecule has 106 heavy (non-hydrogen) atoms. The Labute approximate surface area is 651 Å². The lowest BCUT2D eigenvalue weighted by atomic mass is 9.99. The number of carbonyl (C=O) groups is 4. The zero-order chi connectivity index (χ0) is 77.8. The maximum Gasteiger partial charge on any atom is 0.472 e. The van der Waals surface area contributed by atoms with Crippen molar-refractivity contribution in [2.75, 3.05) is 39.6 Å². The van der Waals surface area contributed by atoms with Gasteiger partial charge < -0.3 is 33.8 Å². The number of esters is 4. The monoisotopic (exact) mass is 1550 g/mol. The number of hydrogen-bond acceptors (Lipinski definition) is 15. The van der Waals surface area contributed by atoms with Gasteiger partial charge in [-0.15, -0.1) is 0 Å². The summed E-state index contributed by atoms with van der Waals surface area (Å²) in [5.74, 6) is -0.397. The van der Waals surface area contributed by atoms with Crippen molar-refractivity contribution in [1.29, 1.82) is 0 Å². The van der Waals surface area contributed by atoms with Gasteiger partial charge in [0.15, 0.2) is 12.2 Å². The third kappa shape index (κ3) is 77.4. The van der Waals surface area contributed by atoms with Crippen LogP contribution in [0.4, 0.5) is 0 Å². The second-order valence-electron chi connectivity index (χ2n) is 31.8. The SMILES string of the molecule is CCCCCCCCCCCCCCCCCCCCCCCC(=O)OC[C@H](COP(=O)(O)OC[C@@H](O)COP(=O)(O)OC[C@@H](COC(=O)CCCCCCC)OC(=O)CCCCCCCCCCCCCCCCC(C)CC)OC(=O)CCCCCCCCCCCCCCCCCCCCC(C)CC. The van der Waals surface area contributed by atoms with E-state index in [0.717, 1.165) is 108 Å². The number of carbonyl (C=O) groups excluding carboxylic acids is 4. The van der Waals surface area contributed by atoms with Crippen LogP contribution in [0.25, 0.3) is 0 Å². The molecule has 0 saturated carbocycles. The van der Waals surface area contributed by atoms with Crippen molar-refractivity contribution in [2.24, 2.45) is 11.8 Å². The molecule has 0 spiro atoms. The summed E-state index contributed by atoms with van der Waals surface area (Å²) in [5, 5.41) is 10.6. The highest BCUT2D eigenvalue weighted by atomic mass is 31.2. The van der Waals surface area contributed by atoms with E-state index in [4.69, 9.17) is 37.0 Å². The molecule has 0 aliphatic heterocycles. The average Bonchev–Trinajstić information content (AvgIpc) is 0.902. The molecule has 0 aromatic heterocycles. The quantitative estimate of drug-likeness (QED) is 0.0222. The Morgan fingerprint density at radius 2 is 0.453 bits per heavy atom. The Morgan fingerprint density at radius 3 is 0.670 bits per heavy atom. The van der Waals surface area contributed by atoms with E-state index in [1.54, 1.807) is 0 Å². The summed E-state index contributed by atoms with van der Waals surface area (Å²) in [4.78, 5) is 72.9. The highest BCUT2D eigenvalue weighted by molar-refractivity contribution is 7.47. The molecule has 7 atom stereocenters. The molecule has 0 rings (SSSR count). The minimum atomic E-state index is -4.96. The van der Waals surface area contributed by atoms with Gasteiger partial charge in [-0.3, -0.25) is 37.3 Å². The molecule has 0 fully saturated rings. The normalized spacial score (nSPS) is 14.3. The molecule has 0 amide bonds. The number of phosphoric ester groups is 2. The van der Waals surface area contributed by atoms with Crippen LogP contribution in [0.5, 0.6) is 0 Å². The van der Waals surface area contributed by atoms with E-state index >= 15 is 0 Å². The lowest BCUT2D eigenvalue weighted by Crippen LogP contribution is -2.30. The Bertz CT molecular complexity index is 2030. The van der Waals surface area contributed by atoms with Crippen molar-refractivity contribution in [2.45, 2.75) is 484 Å². The summed E-state index contributed by atoms with van der Waals surface area (Å²) in [6, 6.07) is 0. The van der Waals surface area contributed by atoms with Crippen molar-refractivity contribution in [3.05, 3.63) is 0 Å². The van der Waals surface area contributed by atoms with Crippen LogP contribution in [0.3, 0.4) is 0 Å². The van der Waals surface area contributed by atoms with Crippen LogP contribution >= 0.6 is 15.6 Å². The predicted octanol–water partition coefficient (Wildman–Crippen LogP) is 26.6. The van der Waals surface area contributed by atoms with Gasteiger partial charge >= 0.3 is 39.5 Å². The van der Waals surface area contributed by atoms with Gasteiger partial charge in [-0.1, -0.05) is 414 Å². The van der Waals surface area contributed by atoms with Crippen LogP contribution in [0.1, 0.15) is 465 Å². The van der Waals surface area contributed by atoms with Crippen molar-refractivity contribution in [3.8, 4) is 0 Å². The number of ether oxygens (including phenoxy) is 4. The van der Waals surface area contributed by atoms with Gasteiger partial charge in [0.25, 0.3) is 0 Å². The highest BCUT2D eigenvalue weighted by Gasteiger charge is 2.30. The molecule has 0 aromatic rings. The standard InChI is InChI=1S/C87H170O17P2/c1-7-11-13-15-16-17-18-19-20-21-22-23-24-28-31-37-42-47-52-58-64-70-85(90)98-76-83(104-87(92)72-66-59-53-48-43-38-32-29-26-25-27-30-35-40-45-50-56-61-67-79(5)9-3)78-102-106(95,96)100-74-81(88)73-99-105(93,94)101-77-82(75-97-84(89)69-63-55-14-12-8-2)103-86(91)71-65-60-54-49-44-39-34-33-36-41-46-51-57-62-68-80(6)10-4/h79-83,88H,7-78H2,1-6H3,(H,93,94)(H,95,96)/t79?,80?,81-,82+,83+/m0/s1. The largest absolute Gasteiger partial charge is 0.472 e. The van der Waals surface area contributed by atoms with Gasteiger partial charge in [0.2, 0.25) is 0 Å². The minimum Gasteiger partial charge on any atom is -0.462 e. The maximum atomic E-state index is 13.1. The molecule has 0 aliphatic carbocycles. The van der Waals surface area contributed by atoms with E-state index in [2.05, 4.69) is 41.5 Å². The topological polar surface area (TPSA) is 237 Å². The molecule has 0 saturated heterocycles. The molecule has 630 valence electrons. The molecule has 0 radical (unpaired) electrons. The van der Waals surface area contributed by atoms with Gasteiger partial charge in [0.1, 0.15) is 19.3 Å². The summed E-state index contributed by atoms with van der Waals surface area (Å²) >= 11 is 0. The fourth-order valence-electron chi connectivity index (χ4n) is 13.5. The van der Waals surface area contributed by atoms with E-state index in [-0.39, 0.29) is 25.7 Å². The third-order valence-corrected chi connectivity index (χ3v) is 23.1. The number of aliphatic hydroxyl groups excluding tert-OH is 1. The Morgan fingerprint density at radius 1 is 0.264 bits per heavy atom. The molecular formula is C87H170O17P2. The van der Waals surface area contributed by atoms with E-state index in [9.17, 15) is 43.2 Å². The van der Waals surface area contributed by atoms with E-state index in [1.165, 1.54) is 276 Å². The van der Waals surface area contributed by atoms with E-state index < -0.39 is 97.5 Å². The summed E-state index contributed by atoms with van der Waals surface area (Å²) in [5.41, 5.74) is 0. The molecule has 3 N–H and O–H groups in total. The van der Waals surface area contributed by atoms with Crippen LogP contribution in [0.2, 0.25) is 0 Å². The van der Waals surface area contributed by atoms with Crippen LogP contribution < -0.4 is 0 Å². The Kier molecular flexibility index (Phi) is 76.9. The van der Waals surface area contributed by atoms with Gasteiger partial charge in [-0.25, -0.2) is 9.13 Å². The lowest BCUT2D eigenvalue weighted by Gasteiger charge is -2.21. The number of rotatable bonds is 86. The zero-order valence-corrected chi connectivity index (χ0v) is 71.5. The van der Waals surface area contributed by atoms with Gasteiger partial charge in [0, 0.05) is 25.7 Å². The number of unbranched alkanes of at least 4 members (excludes halogenated alkanes) is 54. The molecule has 0 bridgehead atoms. The van der Waals surface area contributed by atoms with Crippen LogP contribution in [0.15, 0.2) is 0 Å². The van der Waals surface area contributed by atoms with Crippen molar-refractivity contribution >= 4 is 39.5 Å². The predicted molar refractivity (Wildman–Crippen MR) is 437 cm³/mol. The molecule has 0 aliphatic rings. The third-order valence-electron chi connectivity index (χ3n) is 21.2. The smallest absolute Gasteiger partial charge is 0.462 e. The van der Waals surface area contributed by atoms with Crippen molar-refractivity contribution in [3.63, 3.8) is 0 Å². The highest BCUT2D eigenvalue weighted by Crippen LogP contribution is 2.45. The molecule has 19 heteroatoms. The van der Waals surface area contributed by atoms with Gasteiger partial charge in [0.05, 0.1) is 26.4 Å². The summed E-state index contributed by atoms with van der Waals surface area (Å²) in [6.07, 6.45) is 71.3. The first-order chi connectivity index (χ1) is 51.4. The number of aliphatic hydroxyl groups is 1. The van der Waals surface area contributed by atoms with Gasteiger partial charge in [-0.05, 0) is 37.5 Å². The van der Waals surface area contributed by atoms with Crippen LogP contribution in [-0.2, 0) is 65.4 Å². The number of hydrogen-bond donors (Lipinski definition) is 3. The Balaban J connectivity index is 5.10. The minimum absolute atomic E-state index is 0.107. The van der Waals surface area contributed by atoms with Gasteiger partial charge in [-0.2, -0.15) is 0 Å². The van der Waals surface area contributed by atoms with Crippen LogP contribution in [0, 0.1) is 11.8 Å². The average molecular weight is 1550 g/mol. The molecule has 4 unspecified atom stereocenters. The first kappa shape index (κ1) is 104. The van der Waals surface area contributed by atoms with E-state index in [1.807, 2.05) is 0 Å². The molecule has 0 aromatic carbocycles. The second-order valence-corrected chi connectivity index (χ2v) is 34.7. The fourth-order valence-corrected chi connectivity index (χ4v) is 15.1. The Hall–Kier alpha value is -1.94. The number of phosphoric acid groups is 2. The first-order valence-corrected chi connectivity index (χ1v) is 48.1.